The molecule has 19 heavy (non-hydrogen) atoms. The lowest BCUT2D eigenvalue weighted by molar-refractivity contribution is 1.12. The van der Waals surface area contributed by atoms with Gasteiger partial charge < -0.3 is 0 Å². The van der Waals surface area contributed by atoms with Crippen molar-refractivity contribution in [3.8, 4) is 11.1 Å². The normalized spacial score (nSPS) is 9.74. The van der Waals surface area contributed by atoms with E-state index in [1.807, 2.05) is 34.7 Å². The van der Waals surface area contributed by atoms with Crippen molar-refractivity contribution in [2.24, 2.45) is 0 Å². The SMILES string of the molecule is CC.CNSc1ccc(-c2cc(C)nc(C)c2)cc1. The first-order valence-electron chi connectivity index (χ1n) is 6.58. The van der Waals surface area contributed by atoms with Crippen LogP contribution in [0.25, 0.3) is 11.1 Å². The molecule has 3 heteroatoms. The summed E-state index contributed by atoms with van der Waals surface area (Å²) in [7, 11) is 1.92. The molecule has 0 saturated heterocycles. The zero-order valence-electron chi connectivity index (χ0n) is 12.3. The van der Waals surface area contributed by atoms with Crippen LogP contribution >= 0.6 is 11.9 Å². The van der Waals surface area contributed by atoms with E-state index in [0.717, 1.165) is 11.4 Å². The number of pyridine rings is 1. The van der Waals surface area contributed by atoms with Crippen LogP contribution < -0.4 is 4.72 Å². The van der Waals surface area contributed by atoms with Crippen molar-refractivity contribution < 1.29 is 0 Å². The summed E-state index contributed by atoms with van der Waals surface area (Å²) in [4.78, 5) is 5.61. The van der Waals surface area contributed by atoms with E-state index < -0.39 is 0 Å². The molecule has 2 rings (SSSR count). The molecule has 102 valence electrons. The van der Waals surface area contributed by atoms with Crippen LogP contribution in [0.15, 0.2) is 41.3 Å². The van der Waals surface area contributed by atoms with Crippen molar-refractivity contribution in [2.45, 2.75) is 32.6 Å². The number of hydrogen-bond donors (Lipinski definition) is 1. The number of nitrogens with one attached hydrogen (secondary N) is 1. The second kappa shape index (κ2) is 7.97. The number of aromatic nitrogens is 1. The zero-order valence-corrected chi connectivity index (χ0v) is 13.1. The fourth-order valence-electron chi connectivity index (χ4n) is 1.83. The number of benzene rings is 1. The molecule has 1 heterocycles. The third-order valence-corrected chi connectivity index (χ3v) is 3.20. The molecule has 0 saturated carbocycles. The van der Waals surface area contributed by atoms with Gasteiger partial charge in [-0.1, -0.05) is 26.0 Å². The molecule has 0 aliphatic heterocycles. The molecular formula is C16H22N2S. The molecule has 0 radical (unpaired) electrons. The van der Waals surface area contributed by atoms with Gasteiger partial charge in [0.05, 0.1) is 0 Å². The molecule has 1 aromatic carbocycles. The van der Waals surface area contributed by atoms with Gasteiger partial charge in [-0.15, -0.1) is 0 Å². The molecule has 0 amide bonds. The lowest BCUT2D eigenvalue weighted by Crippen LogP contribution is -1.91. The summed E-state index contributed by atoms with van der Waals surface area (Å²) in [5.74, 6) is 0. The van der Waals surface area contributed by atoms with Crippen LogP contribution in [0.5, 0.6) is 0 Å². The predicted octanol–water partition coefficient (Wildman–Crippen LogP) is 4.62. The molecule has 1 N–H and O–H groups in total. The first-order valence-corrected chi connectivity index (χ1v) is 7.40. The van der Waals surface area contributed by atoms with Gasteiger partial charge in [-0.25, -0.2) is 0 Å². The molecule has 2 aromatic rings. The molecule has 0 bridgehead atoms. The molecule has 0 aliphatic rings. The minimum atomic E-state index is 1.06. The number of hydrogen-bond acceptors (Lipinski definition) is 3. The van der Waals surface area contributed by atoms with Crippen LogP contribution in [0, 0.1) is 13.8 Å². The van der Waals surface area contributed by atoms with Crippen LogP contribution in [0.4, 0.5) is 0 Å². The summed E-state index contributed by atoms with van der Waals surface area (Å²) in [5, 5.41) is 0. The maximum atomic E-state index is 4.39. The van der Waals surface area contributed by atoms with Crippen molar-refractivity contribution in [3.63, 3.8) is 0 Å². The van der Waals surface area contributed by atoms with Gasteiger partial charge in [-0.05, 0) is 68.2 Å². The van der Waals surface area contributed by atoms with Crippen molar-refractivity contribution in [1.29, 1.82) is 0 Å². The summed E-state index contributed by atoms with van der Waals surface area (Å²) in [5.41, 5.74) is 4.59. The van der Waals surface area contributed by atoms with Gasteiger partial charge in [-0.3, -0.25) is 9.71 Å². The van der Waals surface area contributed by atoms with Crippen LogP contribution in [0.3, 0.4) is 0 Å². The maximum Gasteiger partial charge on any atom is 0.0382 e. The molecule has 0 fully saturated rings. The topological polar surface area (TPSA) is 24.9 Å². The Balaban J connectivity index is 0.000000861. The van der Waals surface area contributed by atoms with Crippen molar-refractivity contribution in [2.75, 3.05) is 7.05 Å². The van der Waals surface area contributed by atoms with Gasteiger partial charge >= 0.3 is 0 Å². The molecule has 0 spiro atoms. The Morgan fingerprint density at radius 2 is 1.42 bits per heavy atom. The average molecular weight is 274 g/mol. The second-order valence-electron chi connectivity index (χ2n) is 3.97. The summed E-state index contributed by atoms with van der Waals surface area (Å²) in [6.45, 7) is 8.06. The quantitative estimate of drug-likeness (QED) is 0.827. The molecular weight excluding hydrogens is 252 g/mol. The van der Waals surface area contributed by atoms with Gasteiger partial charge in [0.1, 0.15) is 0 Å². The first-order chi connectivity index (χ1) is 9.19. The average Bonchev–Trinajstić information content (AvgIpc) is 2.41. The van der Waals surface area contributed by atoms with Gasteiger partial charge in [0.2, 0.25) is 0 Å². The number of rotatable bonds is 3. The molecule has 0 aliphatic carbocycles. The standard InChI is InChI=1S/C14H16N2S.C2H6/c1-10-8-13(9-11(2)16-10)12-4-6-14(7-5-12)17-15-3;1-2/h4-9,15H,1-3H3;1-2H3. The Morgan fingerprint density at radius 1 is 0.895 bits per heavy atom. The van der Waals surface area contributed by atoms with E-state index in [0.29, 0.717) is 0 Å². The Bertz CT molecular complexity index is 486. The summed E-state index contributed by atoms with van der Waals surface area (Å²) < 4.78 is 3.07. The third-order valence-electron chi connectivity index (χ3n) is 2.49. The van der Waals surface area contributed by atoms with E-state index in [-0.39, 0.29) is 0 Å². The van der Waals surface area contributed by atoms with Crippen LogP contribution in [0.2, 0.25) is 0 Å². The minimum Gasteiger partial charge on any atom is -0.263 e. The first kappa shape index (κ1) is 15.7. The van der Waals surface area contributed by atoms with Crippen LogP contribution in [-0.4, -0.2) is 12.0 Å². The second-order valence-corrected chi connectivity index (χ2v) is 5.05. The fourth-order valence-corrected chi connectivity index (χ4v) is 2.34. The van der Waals surface area contributed by atoms with E-state index in [1.165, 1.54) is 16.0 Å². The van der Waals surface area contributed by atoms with Gasteiger partial charge in [-0.2, -0.15) is 0 Å². The highest BCUT2D eigenvalue weighted by Crippen LogP contribution is 2.23. The largest absolute Gasteiger partial charge is 0.263 e. The highest BCUT2D eigenvalue weighted by Gasteiger charge is 2.01. The Hall–Kier alpha value is -1.32. The summed E-state index contributed by atoms with van der Waals surface area (Å²) >= 11 is 1.62. The molecule has 0 unspecified atom stereocenters. The highest BCUT2D eigenvalue weighted by molar-refractivity contribution is 7.97. The lowest BCUT2D eigenvalue weighted by Gasteiger charge is -2.06. The Kier molecular flexibility index (Phi) is 6.60. The Morgan fingerprint density at radius 3 is 1.89 bits per heavy atom. The maximum absolute atomic E-state index is 4.39. The minimum absolute atomic E-state index is 1.06. The predicted molar refractivity (Wildman–Crippen MR) is 85.4 cm³/mol. The molecule has 2 nitrogen and oxygen atoms in total. The molecule has 1 aromatic heterocycles. The lowest BCUT2D eigenvalue weighted by atomic mass is 10.1. The molecule has 0 atom stereocenters. The fraction of sp³-hybridized carbons (Fsp3) is 0.312. The summed E-state index contributed by atoms with van der Waals surface area (Å²) in [6.07, 6.45) is 0. The van der Waals surface area contributed by atoms with Crippen LogP contribution in [0.1, 0.15) is 25.2 Å². The van der Waals surface area contributed by atoms with Gasteiger partial charge in [0.15, 0.2) is 0 Å². The van der Waals surface area contributed by atoms with E-state index >= 15 is 0 Å². The van der Waals surface area contributed by atoms with E-state index in [9.17, 15) is 0 Å². The smallest absolute Gasteiger partial charge is 0.0382 e. The highest BCUT2D eigenvalue weighted by atomic mass is 32.2. The monoisotopic (exact) mass is 274 g/mol. The number of aryl methyl sites for hydroxylation is 2. The van der Waals surface area contributed by atoms with Gasteiger partial charge in [0.25, 0.3) is 0 Å². The van der Waals surface area contributed by atoms with Crippen molar-refractivity contribution in [3.05, 3.63) is 47.8 Å². The number of nitrogens with zero attached hydrogens (tertiary/aromatic N) is 1. The van der Waals surface area contributed by atoms with E-state index in [1.54, 1.807) is 11.9 Å². The van der Waals surface area contributed by atoms with E-state index in [4.69, 9.17) is 0 Å². The van der Waals surface area contributed by atoms with Crippen molar-refractivity contribution >= 4 is 11.9 Å². The summed E-state index contributed by atoms with van der Waals surface area (Å²) in [6, 6.07) is 12.8. The third kappa shape index (κ3) is 4.69. The van der Waals surface area contributed by atoms with Crippen LogP contribution in [-0.2, 0) is 0 Å². The van der Waals surface area contributed by atoms with Gasteiger partial charge in [0, 0.05) is 16.3 Å². The van der Waals surface area contributed by atoms with Crippen molar-refractivity contribution in [1.82, 2.24) is 9.71 Å². The van der Waals surface area contributed by atoms with E-state index in [2.05, 4.69) is 46.1 Å². The Labute approximate surface area is 120 Å². The zero-order chi connectivity index (χ0) is 14.3.